The zero-order valence-electron chi connectivity index (χ0n) is 12.8. The molecule has 3 N–H and O–H groups in total. The van der Waals surface area contributed by atoms with Crippen LogP contribution < -0.4 is 10.5 Å². The lowest BCUT2D eigenvalue weighted by Crippen LogP contribution is -2.36. The van der Waals surface area contributed by atoms with E-state index < -0.39 is 18.0 Å². The van der Waals surface area contributed by atoms with Crippen LogP contribution in [0.15, 0.2) is 12.1 Å². The van der Waals surface area contributed by atoms with Gasteiger partial charge in [0.15, 0.2) is 0 Å². The van der Waals surface area contributed by atoms with Gasteiger partial charge < -0.3 is 20.4 Å². The highest BCUT2D eigenvalue weighted by atomic mass is 19.4. The number of hydroxylamine groups is 2. The standard InChI is InChI=1S/C14H18F3N3O4/c15-14(16,17)11-2-1-10(7-18)12(19-11)23-8-9-3-5-20(6-4-9)24-13(21)22/h1-2,9H,3-8,18H2,(H,21,22). The van der Waals surface area contributed by atoms with Crippen LogP contribution in [-0.2, 0) is 17.6 Å². The van der Waals surface area contributed by atoms with Gasteiger partial charge in [-0.05, 0) is 24.8 Å². The molecule has 0 aliphatic carbocycles. The molecule has 1 saturated heterocycles. The normalized spacial score (nSPS) is 16.8. The fraction of sp³-hybridized carbons (Fsp3) is 0.571. The number of halogens is 3. The van der Waals surface area contributed by atoms with Crippen LogP contribution in [0.2, 0.25) is 0 Å². The molecular weight excluding hydrogens is 331 g/mol. The Morgan fingerprint density at radius 3 is 2.58 bits per heavy atom. The highest BCUT2D eigenvalue weighted by molar-refractivity contribution is 5.56. The van der Waals surface area contributed by atoms with Crippen molar-refractivity contribution in [2.75, 3.05) is 19.7 Å². The van der Waals surface area contributed by atoms with Crippen molar-refractivity contribution in [2.24, 2.45) is 11.7 Å². The van der Waals surface area contributed by atoms with Crippen LogP contribution in [0.1, 0.15) is 24.1 Å². The van der Waals surface area contributed by atoms with Gasteiger partial charge in [0.2, 0.25) is 5.88 Å². The highest BCUT2D eigenvalue weighted by Crippen LogP contribution is 2.30. The van der Waals surface area contributed by atoms with Gasteiger partial charge in [0.25, 0.3) is 0 Å². The maximum atomic E-state index is 12.7. The Labute approximate surface area is 136 Å². The largest absolute Gasteiger partial charge is 0.525 e. The van der Waals surface area contributed by atoms with Crippen LogP contribution >= 0.6 is 0 Å². The average Bonchev–Trinajstić information content (AvgIpc) is 2.52. The third-order valence-corrected chi connectivity index (χ3v) is 3.69. The van der Waals surface area contributed by atoms with E-state index in [9.17, 15) is 18.0 Å². The number of carboxylic acid groups (broad SMARTS) is 1. The molecule has 24 heavy (non-hydrogen) atoms. The first-order valence-corrected chi connectivity index (χ1v) is 7.35. The predicted molar refractivity (Wildman–Crippen MR) is 76.0 cm³/mol. The van der Waals surface area contributed by atoms with Crippen molar-refractivity contribution in [3.8, 4) is 5.88 Å². The topological polar surface area (TPSA) is 97.9 Å². The Morgan fingerprint density at radius 2 is 2.04 bits per heavy atom. The number of hydrogen-bond acceptors (Lipinski definition) is 6. The molecule has 0 amide bonds. The summed E-state index contributed by atoms with van der Waals surface area (Å²) in [5, 5.41) is 9.86. The average molecular weight is 349 g/mol. The van der Waals surface area contributed by atoms with E-state index in [2.05, 4.69) is 9.82 Å². The maximum absolute atomic E-state index is 12.7. The number of carbonyl (C=O) groups is 1. The zero-order valence-corrected chi connectivity index (χ0v) is 12.8. The van der Waals surface area contributed by atoms with Gasteiger partial charge in [-0.25, -0.2) is 9.78 Å². The first-order chi connectivity index (χ1) is 11.3. The summed E-state index contributed by atoms with van der Waals surface area (Å²) in [4.78, 5) is 18.5. The van der Waals surface area contributed by atoms with E-state index in [1.165, 1.54) is 11.1 Å². The smallest absolute Gasteiger partial charge is 0.477 e. The summed E-state index contributed by atoms with van der Waals surface area (Å²) in [6, 6.07) is 2.13. The predicted octanol–water partition coefficient (Wildman–Crippen LogP) is 2.26. The molecule has 0 bridgehead atoms. The lowest BCUT2D eigenvalue weighted by atomic mass is 9.99. The molecule has 1 aromatic heterocycles. The molecule has 0 radical (unpaired) electrons. The third kappa shape index (κ3) is 4.96. The second-order valence-electron chi connectivity index (χ2n) is 5.40. The van der Waals surface area contributed by atoms with E-state index in [0.29, 0.717) is 31.5 Å². The van der Waals surface area contributed by atoms with Crippen LogP contribution in [0.4, 0.5) is 18.0 Å². The van der Waals surface area contributed by atoms with Gasteiger partial charge in [-0.3, -0.25) is 0 Å². The van der Waals surface area contributed by atoms with Crippen molar-refractivity contribution >= 4 is 6.16 Å². The number of nitrogens with two attached hydrogens (primary N) is 1. The number of ether oxygens (including phenoxy) is 1. The minimum absolute atomic E-state index is 0.0192. The Balaban J connectivity index is 1.93. The van der Waals surface area contributed by atoms with Gasteiger partial charge in [-0.15, -0.1) is 5.06 Å². The number of pyridine rings is 1. The summed E-state index contributed by atoms with van der Waals surface area (Å²) in [7, 11) is 0. The van der Waals surface area contributed by atoms with Gasteiger partial charge in [0.1, 0.15) is 5.69 Å². The van der Waals surface area contributed by atoms with Crippen LogP contribution in [0.25, 0.3) is 0 Å². The summed E-state index contributed by atoms with van der Waals surface area (Å²) in [5.74, 6) is -0.0443. The SMILES string of the molecule is NCc1ccc(C(F)(F)F)nc1OCC1CCN(OC(=O)O)CC1. The first-order valence-electron chi connectivity index (χ1n) is 7.35. The van der Waals surface area contributed by atoms with Crippen molar-refractivity contribution in [2.45, 2.75) is 25.6 Å². The van der Waals surface area contributed by atoms with Crippen LogP contribution in [0, 0.1) is 5.92 Å². The van der Waals surface area contributed by atoms with Gasteiger partial charge in [0.05, 0.1) is 6.61 Å². The summed E-state index contributed by atoms with van der Waals surface area (Å²) in [6.07, 6.45) is -4.72. The number of alkyl halides is 3. The maximum Gasteiger partial charge on any atom is 0.525 e. The van der Waals surface area contributed by atoms with Crippen LogP contribution in [0.3, 0.4) is 0 Å². The quantitative estimate of drug-likeness (QED) is 0.841. The van der Waals surface area contributed by atoms with E-state index in [0.717, 1.165) is 6.07 Å². The fourth-order valence-corrected chi connectivity index (χ4v) is 2.38. The Hall–Kier alpha value is -2.07. The minimum atomic E-state index is -4.55. The molecule has 10 heteroatoms. The van der Waals surface area contributed by atoms with E-state index in [1.807, 2.05) is 0 Å². The Kier molecular flexibility index (Phi) is 5.84. The van der Waals surface area contributed by atoms with Crippen molar-refractivity contribution < 1.29 is 32.6 Å². The molecule has 0 spiro atoms. The van der Waals surface area contributed by atoms with Crippen LogP contribution in [-0.4, -0.2) is 41.0 Å². The Bertz CT molecular complexity index is 575. The van der Waals surface area contributed by atoms with Crippen LogP contribution in [0.5, 0.6) is 5.88 Å². The summed E-state index contributed by atoms with van der Waals surface area (Å²) in [5.41, 5.74) is 4.87. The second-order valence-corrected chi connectivity index (χ2v) is 5.40. The molecule has 134 valence electrons. The third-order valence-electron chi connectivity index (χ3n) is 3.69. The fourth-order valence-electron chi connectivity index (χ4n) is 2.38. The molecule has 0 atom stereocenters. The van der Waals surface area contributed by atoms with Crippen molar-refractivity contribution in [3.63, 3.8) is 0 Å². The van der Waals surface area contributed by atoms with Crippen molar-refractivity contribution in [3.05, 3.63) is 23.4 Å². The molecule has 1 aromatic rings. The lowest BCUT2D eigenvalue weighted by Gasteiger charge is -2.29. The summed E-state index contributed by atoms with van der Waals surface area (Å²) < 4.78 is 43.6. The molecule has 1 fully saturated rings. The Morgan fingerprint density at radius 1 is 1.38 bits per heavy atom. The lowest BCUT2D eigenvalue weighted by molar-refractivity contribution is -0.142. The van der Waals surface area contributed by atoms with E-state index in [1.54, 1.807) is 0 Å². The molecule has 1 aliphatic rings. The number of aromatic nitrogens is 1. The summed E-state index contributed by atoms with van der Waals surface area (Å²) >= 11 is 0. The molecule has 0 saturated carbocycles. The molecule has 0 aromatic carbocycles. The minimum Gasteiger partial charge on any atom is -0.477 e. The van der Waals surface area contributed by atoms with Crippen molar-refractivity contribution in [1.29, 1.82) is 0 Å². The second kappa shape index (κ2) is 7.67. The molecule has 1 aliphatic heterocycles. The first kappa shape index (κ1) is 18.3. The summed E-state index contributed by atoms with van der Waals surface area (Å²) in [6.45, 7) is 1.01. The molecule has 2 heterocycles. The van der Waals surface area contributed by atoms with Gasteiger partial charge in [0, 0.05) is 25.2 Å². The zero-order chi connectivity index (χ0) is 17.7. The molecule has 7 nitrogen and oxygen atoms in total. The van der Waals surface area contributed by atoms with Crippen molar-refractivity contribution in [1.82, 2.24) is 10.0 Å². The monoisotopic (exact) mass is 349 g/mol. The molecule has 0 unspecified atom stereocenters. The van der Waals surface area contributed by atoms with E-state index in [-0.39, 0.29) is 24.9 Å². The van der Waals surface area contributed by atoms with E-state index in [4.69, 9.17) is 15.6 Å². The molecular formula is C14H18F3N3O4. The van der Waals surface area contributed by atoms with Gasteiger partial charge in [-0.2, -0.15) is 13.2 Å². The molecule has 2 rings (SSSR count). The highest BCUT2D eigenvalue weighted by Gasteiger charge is 2.33. The number of piperidine rings is 1. The van der Waals surface area contributed by atoms with E-state index >= 15 is 0 Å². The number of nitrogens with zero attached hydrogens (tertiary/aromatic N) is 2. The van der Waals surface area contributed by atoms with Gasteiger partial charge in [-0.1, -0.05) is 6.07 Å². The number of rotatable bonds is 5. The number of hydrogen-bond donors (Lipinski definition) is 2. The van der Waals surface area contributed by atoms with Gasteiger partial charge >= 0.3 is 12.3 Å².